The Morgan fingerprint density at radius 1 is 1.20 bits per heavy atom. The Morgan fingerprint density at radius 2 is 1.85 bits per heavy atom. The number of likely N-dealkylation sites (tertiary alicyclic amines) is 1. The van der Waals surface area contributed by atoms with Crippen molar-refractivity contribution in [3.63, 3.8) is 0 Å². The second kappa shape index (κ2) is 7.09. The molecule has 3 heteroatoms. The Balaban J connectivity index is 1.95. The summed E-state index contributed by atoms with van der Waals surface area (Å²) in [5, 5.41) is 3.76. The van der Waals surface area contributed by atoms with Crippen LogP contribution in [-0.4, -0.2) is 38.2 Å². The van der Waals surface area contributed by atoms with Gasteiger partial charge in [-0.1, -0.05) is 18.2 Å². The lowest BCUT2D eigenvalue weighted by Gasteiger charge is -2.34. The van der Waals surface area contributed by atoms with E-state index in [0.29, 0.717) is 12.1 Å². The van der Waals surface area contributed by atoms with Crippen molar-refractivity contribution in [3.05, 3.63) is 29.8 Å². The Labute approximate surface area is 123 Å². The first-order valence-corrected chi connectivity index (χ1v) is 7.69. The summed E-state index contributed by atoms with van der Waals surface area (Å²) >= 11 is 0. The minimum atomic E-state index is 0.320. The van der Waals surface area contributed by atoms with Crippen molar-refractivity contribution in [2.75, 3.05) is 27.2 Å². The molecule has 1 aromatic rings. The fourth-order valence-corrected chi connectivity index (χ4v) is 3.17. The molecule has 0 radical (unpaired) electrons. The van der Waals surface area contributed by atoms with Gasteiger partial charge < -0.3 is 15.0 Å². The Kier molecular flexibility index (Phi) is 5.44. The second-order valence-electron chi connectivity index (χ2n) is 6.06. The largest absolute Gasteiger partial charge is 0.496 e. The molecular formula is C17H28N2O. The van der Waals surface area contributed by atoms with Crippen molar-refractivity contribution in [2.45, 2.75) is 38.8 Å². The molecular weight excluding hydrogens is 248 g/mol. The standard InChI is InChI=1S/C17H28N2O/c1-13(15-9-11-19(3)12-10-15)18-14(2)16-7-5-6-8-17(16)20-4/h5-8,13-15,18H,9-12H2,1-4H3/t13?,14-/m1/s1. The third kappa shape index (κ3) is 3.74. The van der Waals surface area contributed by atoms with E-state index >= 15 is 0 Å². The van der Waals surface area contributed by atoms with Gasteiger partial charge >= 0.3 is 0 Å². The topological polar surface area (TPSA) is 24.5 Å². The monoisotopic (exact) mass is 276 g/mol. The average molecular weight is 276 g/mol. The highest BCUT2D eigenvalue weighted by molar-refractivity contribution is 5.35. The second-order valence-corrected chi connectivity index (χ2v) is 6.06. The van der Waals surface area contributed by atoms with E-state index in [2.05, 4.69) is 43.2 Å². The molecule has 0 spiro atoms. The van der Waals surface area contributed by atoms with E-state index < -0.39 is 0 Å². The lowest BCUT2D eigenvalue weighted by Crippen LogP contribution is -2.41. The Bertz CT molecular complexity index is 413. The number of hydrogen-bond donors (Lipinski definition) is 1. The van der Waals surface area contributed by atoms with Gasteiger partial charge in [0.05, 0.1) is 7.11 Å². The van der Waals surface area contributed by atoms with E-state index in [1.54, 1.807) is 7.11 Å². The maximum Gasteiger partial charge on any atom is 0.123 e. The molecule has 0 aliphatic carbocycles. The van der Waals surface area contributed by atoms with Gasteiger partial charge in [0.2, 0.25) is 0 Å². The highest BCUT2D eigenvalue weighted by Crippen LogP contribution is 2.27. The van der Waals surface area contributed by atoms with Gasteiger partial charge in [-0.15, -0.1) is 0 Å². The third-order valence-electron chi connectivity index (χ3n) is 4.59. The highest BCUT2D eigenvalue weighted by Gasteiger charge is 2.24. The van der Waals surface area contributed by atoms with Gasteiger partial charge in [-0.25, -0.2) is 0 Å². The van der Waals surface area contributed by atoms with E-state index in [1.807, 2.05) is 12.1 Å². The molecule has 2 atom stereocenters. The number of methoxy groups -OCH3 is 1. The number of nitrogens with zero attached hydrogens (tertiary/aromatic N) is 1. The molecule has 1 fully saturated rings. The zero-order chi connectivity index (χ0) is 14.5. The van der Waals surface area contributed by atoms with Crippen LogP contribution in [0.25, 0.3) is 0 Å². The molecule has 1 N–H and O–H groups in total. The van der Waals surface area contributed by atoms with Crippen molar-refractivity contribution >= 4 is 0 Å². The molecule has 1 aromatic carbocycles. The highest BCUT2D eigenvalue weighted by atomic mass is 16.5. The van der Waals surface area contributed by atoms with Crippen LogP contribution in [-0.2, 0) is 0 Å². The maximum absolute atomic E-state index is 5.46. The zero-order valence-corrected chi connectivity index (χ0v) is 13.2. The molecule has 1 saturated heterocycles. The number of para-hydroxylation sites is 1. The van der Waals surface area contributed by atoms with E-state index in [-0.39, 0.29) is 0 Å². The van der Waals surface area contributed by atoms with E-state index in [9.17, 15) is 0 Å². The van der Waals surface area contributed by atoms with Gasteiger partial charge in [0.15, 0.2) is 0 Å². The Morgan fingerprint density at radius 3 is 2.50 bits per heavy atom. The van der Waals surface area contributed by atoms with E-state index in [1.165, 1.54) is 31.5 Å². The molecule has 2 rings (SSSR count). The lowest BCUT2D eigenvalue weighted by molar-refractivity contribution is 0.185. The fraction of sp³-hybridized carbons (Fsp3) is 0.647. The summed E-state index contributed by atoms with van der Waals surface area (Å²) in [5.41, 5.74) is 1.25. The molecule has 0 amide bonds. The molecule has 0 bridgehead atoms. The molecule has 0 aromatic heterocycles. The van der Waals surface area contributed by atoms with E-state index in [4.69, 9.17) is 4.74 Å². The summed E-state index contributed by atoms with van der Waals surface area (Å²) in [6.07, 6.45) is 2.59. The van der Waals surface area contributed by atoms with Crippen molar-refractivity contribution in [1.29, 1.82) is 0 Å². The molecule has 3 nitrogen and oxygen atoms in total. The predicted molar refractivity (Wildman–Crippen MR) is 84.2 cm³/mol. The summed E-state index contributed by atoms with van der Waals surface area (Å²) in [6.45, 7) is 6.99. The van der Waals surface area contributed by atoms with Gasteiger partial charge in [-0.3, -0.25) is 0 Å². The molecule has 20 heavy (non-hydrogen) atoms. The molecule has 0 saturated carbocycles. The summed E-state index contributed by atoms with van der Waals surface area (Å²) < 4.78 is 5.46. The van der Waals surface area contributed by atoms with Gasteiger partial charge in [-0.05, 0) is 58.8 Å². The third-order valence-corrected chi connectivity index (χ3v) is 4.59. The van der Waals surface area contributed by atoms with Crippen LogP contribution in [0.1, 0.15) is 38.3 Å². The smallest absolute Gasteiger partial charge is 0.123 e. The van der Waals surface area contributed by atoms with Crippen LogP contribution in [0, 0.1) is 5.92 Å². The van der Waals surface area contributed by atoms with Crippen molar-refractivity contribution in [3.8, 4) is 5.75 Å². The fourth-order valence-electron chi connectivity index (χ4n) is 3.17. The van der Waals surface area contributed by atoms with Gasteiger partial charge in [0, 0.05) is 17.6 Å². The number of benzene rings is 1. The summed E-state index contributed by atoms with van der Waals surface area (Å²) in [4.78, 5) is 2.42. The molecule has 112 valence electrons. The number of hydrogen-bond acceptors (Lipinski definition) is 3. The average Bonchev–Trinajstić information content (AvgIpc) is 2.47. The van der Waals surface area contributed by atoms with Gasteiger partial charge in [-0.2, -0.15) is 0 Å². The van der Waals surface area contributed by atoms with Crippen molar-refractivity contribution < 1.29 is 4.74 Å². The minimum Gasteiger partial charge on any atom is -0.496 e. The van der Waals surface area contributed by atoms with Crippen LogP contribution in [0.15, 0.2) is 24.3 Å². The van der Waals surface area contributed by atoms with Crippen LogP contribution < -0.4 is 10.1 Å². The number of ether oxygens (including phenoxy) is 1. The first-order valence-electron chi connectivity index (χ1n) is 7.69. The summed E-state index contributed by atoms with van der Waals surface area (Å²) in [7, 11) is 3.96. The SMILES string of the molecule is COc1ccccc1[C@@H](C)NC(C)C1CCN(C)CC1. The maximum atomic E-state index is 5.46. The number of piperidine rings is 1. The summed E-state index contributed by atoms with van der Waals surface area (Å²) in [5.74, 6) is 1.76. The van der Waals surface area contributed by atoms with Crippen LogP contribution in [0.5, 0.6) is 5.75 Å². The van der Waals surface area contributed by atoms with Crippen LogP contribution >= 0.6 is 0 Å². The molecule has 1 heterocycles. The van der Waals surface area contributed by atoms with Gasteiger partial charge in [0.25, 0.3) is 0 Å². The zero-order valence-electron chi connectivity index (χ0n) is 13.2. The first-order chi connectivity index (χ1) is 9.61. The molecule has 1 aliphatic rings. The predicted octanol–water partition coefficient (Wildman–Crippen LogP) is 3.08. The van der Waals surface area contributed by atoms with Gasteiger partial charge in [0.1, 0.15) is 5.75 Å². The van der Waals surface area contributed by atoms with Crippen LogP contribution in [0.3, 0.4) is 0 Å². The Hall–Kier alpha value is -1.06. The van der Waals surface area contributed by atoms with Crippen LogP contribution in [0.4, 0.5) is 0 Å². The normalized spacial score (nSPS) is 20.6. The molecule has 1 aliphatic heterocycles. The van der Waals surface area contributed by atoms with Crippen molar-refractivity contribution in [1.82, 2.24) is 10.2 Å². The first kappa shape index (κ1) is 15.3. The number of nitrogens with one attached hydrogen (secondary N) is 1. The molecule has 1 unspecified atom stereocenters. The number of rotatable bonds is 5. The minimum absolute atomic E-state index is 0.320. The summed E-state index contributed by atoms with van der Waals surface area (Å²) in [6, 6.07) is 9.15. The van der Waals surface area contributed by atoms with Crippen LogP contribution in [0.2, 0.25) is 0 Å². The lowest BCUT2D eigenvalue weighted by atomic mass is 9.89. The van der Waals surface area contributed by atoms with E-state index in [0.717, 1.165) is 11.7 Å². The quantitative estimate of drug-likeness (QED) is 0.894. The van der Waals surface area contributed by atoms with Crippen molar-refractivity contribution in [2.24, 2.45) is 5.92 Å².